The zero-order valence-corrected chi connectivity index (χ0v) is 16.5. The number of hydrogen-bond acceptors (Lipinski definition) is 3. The third kappa shape index (κ3) is 5.40. The van der Waals surface area contributed by atoms with Gasteiger partial charge in [-0.15, -0.1) is 0 Å². The average molecular weight is 389 g/mol. The van der Waals surface area contributed by atoms with Gasteiger partial charge in [-0.05, 0) is 67.4 Å². The lowest BCUT2D eigenvalue weighted by atomic mass is 10.2. The molecular weight excluding hydrogens is 363 g/mol. The fourth-order valence-electron chi connectivity index (χ4n) is 3.22. The Labute approximate surface area is 165 Å². The first kappa shape index (κ1) is 19.6. The SMILES string of the molecule is COc1ccc(C)cc1NC(=S)N(Cc1cccc(F)c1)CC1CCCO1. The fourth-order valence-corrected chi connectivity index (χ4v) is 3.47. The van der Waals surface area contributed by atoms with Gasteiger partial charge in [0, 0.05) is 19.7 Å². The van der Waals surface area contributed by atoms with Crippen molar-refractivity contribution in [1.82, 2.24) is 4.90 Å². The van der Waals surface area contributed by atoms with Crippen LogP contribution in [-0.4, -0.2) is 36.4 Å². The number of benzene rings is 2. The standard InChI is InChI=1S/C21H25FN2O2S/c1-15-8-9-20(25-2)19(11-15)23-21(27)24(14-18-7-4-10-26-18)13-16-5-3-6-17(22)12-16/h3,5-6,8-9,11-12,18H,4,7,10,13-14H2,1-2H3,(H,23,27). The minimum Gasteiger partial charge on any atom is -0.495 e. The molecule has 6 heteroatoms. The lowest BCUT2D eigenvalue weighted by molar-refractivity contribution is 0.0905. The third-order valence-corrected chi connectivity index (χ3v) is 4.95. The van der Waals surface area contributed by atoms with Gasteiger partial charge in [-0.1, -0.05) is 18.2 Å². The molecule has 1 unspecified atom stereocenters. The van der Waals surface area contributed by atoms with E-state index in [0.717, 1.165) is 42.0 Å². The Morgan fingerprint density at radius 1 is 1.33 bits per heavy atom. The van der Waals surface area contributed by atoms with Crippen LogP contribution in [0.15, 0.2) is 42.5 Å². The Kier molecular flexibility index (Phi) is 6.63. The Morgan fingerprint density at radius 2 is 2.19 bits per heavy atom. The molecule has 1 aliphatic rings. The summed E-state index contributed by atoms with van der Waals surface area (Å²) >= 11 is 5.68. The van der Waals surface area contributed by atoms with Gasteiger partial charge < -0.3 is 19.7 Å². The van der Waals surface area contributed by atoms with Gasteiger partial charge >= 0.3 is 0 Å². The molecule has 1 heterocycles. The predicted molar refractivity (Wildman–Crippen MR) is 110 cm³/mol. The zero-order valence-electron chi connectivity index (χ0n) is 15.7. The number of thiocarbonyl (C=S) groups is 1. The Bertz CT molecular complexity index is 794. The summed E-state index contributed by atoms with van der Waals surface area (Å²) in [5.74, 6) is 0.481. The fraction of sp³-hybridized carbons (Fsp3) is 0.381. The summed E-state index contributed by atoms with van der Waals surface area (Å²) in [7, 11) is 1.63. The number of ether oxygens (including phenoxy) is 2. The van der Waals surface area contributed by atoms with Crippen molar-refractivity contribution < 1.29 is 13.9 Å². The zero-order chi connectivity index (χ0) is 19.2. The quantitative estimate of drug-likeness (QED) is 0.736. The molecule has 2 aromatic carbocycles. The van der Waals surface area contributed by atoms with E-state index in [0.29, 0.717) is 18.2 Å². The van der Waals surface area contributed by atoms with Crippen molar-refractivity contribution in [1.29, 1.82) is 0 Å². The average Bonchev–Trinajstić information content (AvgIpc) is 3.14. The molecule has 1 atom stereocenters. The van der Waals surface area contributed by atoms with Gasteiger partial charge in [0.1, 0.15) is 11.6 Å². The molecule has 1 N–H and O–H groups in total. The summed E-state index contributed by atoms with van der Waals surface area (Å²) in [6.07, 6.45) is 2.21. The highest BCUT2D eigenvalue weighted by Gasteiger charge is 2.22. The van der Waals surface area contributed by atoms with E-state index in [1.807, 2.05) is 36.1 Å². The van der Waals surface area contributed by atoms with Gasteiger partial charge in [0.15, 0.2) is 5.11 Å². The minimum absolute atomic E-state index is 0.137. The first-order chi connectivity index (χ1) is 13.0. The van der Waals surface area contributed by atoms with E-state index in [1.165, 1.54) is 6.07 Å². The monoisotopic (exact) mass is 388 g/mol. The first-order valence-electron chi connectivity index (χ1n) is 9.12. The molecular formula is C21H25FN2O2S. The van der Waals surface area contributed by atoms with Crippen molar-refractivity contribution in [2.75, 3.05) is 25.6 Å². The normalized spacial score (nSPS) is 16.2. The summed E-state index contributed by atoms with van der Waals surface area (Å²) in [5, 5.41) is 3.86. The molecule has 27 heavy (non-hydrogen) atoms. The van der Waals surface area contributed by atoms with E-state index in [1.54, 1.807) is 19.2 Å². The summed E-state index contributed by atoms with van der Waals surface area (Å²) < 4.78 is 24.8. The molecule has 1 saturated heterocycles. The smallest absolute Gasteiger partial charge is 0.173 e. The maximum Gasteiger partial charge on any atom is 0.173 e. The van der Waals surface area contributed by atoms with Crippen LogP contribution < -0.4 is 10.1 Å². The summed E-state index contributed by atoms with van der Waals surface area (Å²) in [6.45, 7) is 3.98. The summed E-state index contributed by atoms with van der Waals surface area (Å²) in [4.78, 5) is 2.03. The molecule has 0 aromatic heterocycles. The number of halogens is 1. The van der Waals surface area contributed by atoms with E-state index in [-0.39, 0.29) is 11.9 Å². The second kappa shape index (κ2) is 9.15. The van der Waals surface area contributed by atoms with Crippen LogP contribution in [0.2, 0.25) is 0 Å². The molecule has 3 rings (SSSR count). The second-order valence-electron chi connectivity index (χ2n) is 6.78. The van der Waals surface area contributed by atoms with Crippen LogP contribution in [-0.2, 0) is 11.3 Å². The molecule has 0 aliphatic carbocycles. The second-order valence-corrected chi connectivity index (χ2v) is 7.17. The highest BCUT2D eigenvalue weighted by molar-refractivity contribution is 7.80. The molecule has 2 aromatic rings. The maximum absolute atomic E-state index is 13.6. The molecule has 0 spiro atoms. The van der Waals surface area contributed by atoms with Crippen molar-refractivity contribution in [3.8, 4) is 5.75 Å². The summed E-state index contributed by atoms with van der Waals surface area (Å²) in [6, 6.07) is 12.5. The maximum atomic E-state index is 13.6. The van der Waals surface area contributed by atoms with Gasteiger partial charge in [0.05, 0.1) is 18.9 Å². The largest absolute Gasteiger partial charge is 0.495 e. The van der Waals surface area contributed by atoms with E-state index < -0.39 is 0 Å². The molecule has 1 aliphatic heterocycles. The van der Waals surface area contributed by atoms with Gasteiger partial charge in [-0.2, -0.15) is 0 Å². The minimum atomic E-state index is -0.246. The van der Waals surface area contributed by atoms with Crippen molar-refractivity contribution in [2.45, 2.75) is 32.4 Å². The number of anilines is 1. The lowest BCUT2D eigenvalue weighted by Crippen LogP contribution is -2.39. The number of nitrogens with one attached hydrogen (secondary N) is 1. The molecule has 4 nitrogen and oxygen atoms in total. The van der Waals surface area contributed by atoms with Crippen LogP contribution in [0.4, 0.5) is 10.1 Å². The predicted octanol–water partition coefficient (Wildman–Crippen LogP) is 4.52. The van der Waals surface area contributed by atoms with Gasteiger partial charge in [0.25, 0.3) is 0 Å². The Morgan fingerprint density at radius 3 is 2.89 bits per heavy atom. The van der Waals surface area contributed by atoms with E-state index in [4.69, 9.17) is 21.7 Å². The highest BCUT2D eigenvalue weighted by Crippen LogP contribution is 2.26. The van der Waals surface area contributed by atoms with E-state index in [9.17, 15) is 4.39 Å². The van der Waals surface area contributed by atoms with Gasteiger partial charge in [0.2, 0.25) is 0 Å². The van der Waals surface area contributed by atoms with Gasteiger partial charge in [-0.25, -0.2) is 4.39 Å². The van der Waals surface area contributed by atoms with Crippen LogP contribution in [0.1, 0.15) is 24.0 Å². The molecule has 0 bridgehead atoms. The van der Waals surface area contributed by atoms with Crippen LogP contribution in [0, 0.1) is 12.7 Å². The lowest BCUT2D eigenvalue weighted by Gasteiger charge is -2.29. The first-order valence-corrected chi connectivity index (χ1v) is 9.52. The van der Waals surface area contributed by atoms with Crippen LogP contribution in [0.25, 0.3) is 0 Å². The Balaban J connectivity index is 1.78. The molecule has 0 radical (unpaired) electrons. The molecule has 0 saturated carbocycles. The topological polar surface area (TPSA) is 33.7 Å². The van der Waals surface area contributed by atoms with Crippen molar-refractivity contribution in [3.05, 3.63) is 59.4 Å². The Hall–Kier alpha value is -2.18. The molecule has 1 fully saturated rings. The number of aryl methyl sites for hydroxylation is 1. The number of rotatable bonds is 6. The third-order valence-electron chi connectivity index (χ3n) is 4.59. The number of methoxy groups -OCH3 is 1. The van der Waals surface area contributed by atoms with Crippen LogP contribution in [0.3, 0.4) is 0 Å². The van der Waals surface area contributed by atoms with Crippen molar-refractivity contribution >= 4 is 23.0 Å². The van der Waals surface area contributed by atoms with Crippen LogP contribution in [0.5, 0.6) is 5.75 Å². The van der Waals surface area contributed by atoms with Crippen molar-refractivity contribution in [3.63, 3.8) is 0 Å². The van der Waals surface area contributed by atoms with Crippen molar-refractivity contribution in [2.24, 2.45) is 0 Å². The summed E-state index contributed by atoms with van der Waals surface area (Å²) in [5.41, 5.74) is 2.80. The molecule has 144 valence electrons. The molecule has 0 amide bonds. The number of hydrogen-bond donors (Lipinski definition) is 1. The van der Waals surface area contributed by atoms with Gasteiger partial charge in [-0.3, -0.25) is 0 Å². The van der Waals surface area contributed by atoms with Crippen LogP contribution >= 0.6 is 12.2 Å². The highest BCUT2D eigenvalue weighted by atomic mass is 32.1. The van der Waals surface area contributed by atoms with E-state index in [2.05, 4.69) is 5.32 Å². The van der Waals surface area contributed by atoms with E-state index >= 15 is 0 Å². The number of nitrogens with zero attached hydrogens (tertiary/aromatic N) is 1.